The summed E-state index contributed by atoms with van der Waals surface area (Å²) < 4.78 is 37.3. The summed E-state index contributed by atoms with van der Waals surface area (Å²) in [5.41, 5.74) is 0.985. The molecule has 2 aromatic rings. The van der Waals surface area contributed by atoms with E-state index in [1.807, 2.05) is 12.1 Å². The molecule has 0 aliphatic rings. The van der Waals surface area contributed by atoms with Gasteiger partial charge in [-0.15, -0.1) is 0 Å². The van der Waals surface area contributed by atoms with Crippen molar-refractivity contribution in [2.75, 3.05) is 7.11 Å². The lowest BCUT2D eigenvalue weighted by atomic mass is 9.87. The molecule has 0 saturated carbocycles. The molecule has 8 heteroatoms. The SMILES string of the molecule is COC(=O)c1coc(CN(C(C)C)S(=O)(=O)c2ccc(C(C)(C)C)cc2)n1. The maximum absolute atomic E-state index is 13.1. The lowest BCUT2D eigenvalue weighted by Crippen LogP contribution is -2.36. The molecule has 0 saturated heterocycles. The standard InChI is InChI=1S/C19H26N2O5S/c1-13(2)21(11-17-20-16(12-26-17)18(22)25-6)27(23,24)15-9-7-14(8-10-15)19(3,4)5/h7-10,12-13H,11H2,1-6H3. The maximum atomic E-state index is 13.1. The van der Waals surface area contributed by atoms with E-state index in [1.165, 1.54) is 11.4 Å². The van der Waals surface area contributed by atoms with E-state index in [9.17, 15) is 13.2 Å². The number of hydrogen-bond acceptors (Lipinski definition) is 6. The fraction of sp³-hybridized carbons (Fsp3) is 0.474. The summed E-state index contributed by atoms with van der Waals surface area (Å²) in [5, 5.41) is 0. The van der Waals surface area contributed by atoms with Gasteiger partial charge in [-0.2, -0.15) is 4.31 Å². The van der Waals surface area contributed by atoms with Crippen LogP contribution in [0, 0.1) is 0 Å². The van der Waals surface area contributed by atoms with Crippen LogP contribution in [0.1, 0.15) is 56.6 Å². The van der Waals surface area contributed by atoms with Crippen LogP contribution in [0.2, 0.25) is 0 Å². The molecule has 0 aliphatic carbocycles. The second-order valence-electron chi connectivity index (χ2n) is 7.54. The summed E-state index contributed by atoms with van der Waals surface area (Å²) in [7, 11) is -2.52. The highest BCUT2D eigenvalue weighted by atomic mass is 32.2. The molecule has 148 valence electrons. The first-order valence-corrected chi connectivity index (χ1v) is 10.1. The lowest BCUT2D eigenvalue weighted by Gasteiger charge is -2.25. The van der Waals surface area contributed by atoms with Crippen molar-refractivity contribution in [2.45, 2.75) is 57.5 Å². The number of carbonyl (C=O) groups is 1. The highest BCUT2D eigenvalue weighted by molar-refractivity contribution is 7.89. The summed E-state index contributed by atoms with van der Waals surface area (Å²) >= 11 is 0. The van der Waals surface area contributed by atoms with Gasteiger partial charge in [0, 0.05) is 6.04 Å². The number of esters is 1. The van der Waals surface area contributed by atoms with Crippen molar-refractivity contribution in [3.63, 3.8) is 0 Å². The van der Waals surface area contributed by atoms with Gasteiger partial charge in [0.05, 0.1) is 18.6 Å². The Kier molecular flexibility index (Phi) is 6.11. The fourth-order valence-electron chi connectivity index (χ4n) is 2.52. The van der Waals surface area contributed by atoms with E-state index < -0.39 is 16.0 Å². The van der Waals surface area contributed by atoms with Crippen molar-refractivity contribution in [3.8, 4) is 0 Å². The van der Waals surface area contributed by atoms with Crippen LogP contribution in [0.5, 0.6) is 0 Å². The van der Waals surface area contributed by atoms with Gasteiger partial charge < -0.3 is 9.15 Å². The summed E-state index contributed by atoms with van der Waals surface area (Å²) in [6.07, 6.45) is 1.16. The predicted octanol–water partition coefficient (Wildman–Crippen LogP) is 3.36. The number of hydrogen-bond donors (Lipinski definition) is 0. The van der Waals surface area contributed by atoms with Crippen molar-refractivity contribution in [1.29, 1.82) is 0 Å². The molecule has 0 amide bonds. The van der Waals surface area contributed by atoms with Gasteiger partial charge in [0.25, 0.3) is 0 Å². The molecular weight excluding hydrogens is 368 g/mol. The largest absolute Gasteiger partial charge is 0.464 e. The van der Waals surface area contributed by atoms with Crippen LogP contribution in [-0.4, -0.2) is 36.8 Å². The van der Waals surface area contributed by atoms with Gasteiger partial charge >= 0.3 is 5.97 Å². The molecule has 27 heavy (non-hydrogen) atoms. The average Bonchev–Trinajstić information content (AvgIpc) is 3.06. The zero-order chi connectivity index (χ0) is 20.4. The number of carbonyl (C=O) groups excluding carboxylic acids is 1. The molecule has 0 bridgehead atoms. The van der Waals surface area contributed by atoms with E-state index in [-0.39, 0.29) is 34.5 Å². The van der Waals surface area contributed by atoms with E-state index >= 15 is 0 Å². The van der Waals surface area contributed by atoms with Crippen LogP contribution in [-0.2, 0) is 26.7 Å². The number of oxazole rings is 1. The first-order valence-electron chi connectivity index (χ1n) is 8.62. The molecule has 0 N–H and O–H groups in total. The second-order valence-corrected chi connectivity index (χ2v) is 9.43. The number of sulfonamides is 1. The molecule has 2 rings (SSSR count). The van der Waals surface area contributed by atoms with Crippen molar-refractivity contribution < 1.29 is 22.4 Å². The Bertz CT molecular complexity index is 893. The monoisotopic (exact) mass is 394 g/mol. The fourth-order valence-corrected chi connectivity index (χ4v) is 4.11. The van der Waals surface area contributed by atoms with E-state index in [2.05, 4.69) is 30.5 Å². The smallest absolute Gasteiger partial charge is 0.360 e. The predicted molar refractivity (Wildman–Crippen MR) is 101 cm³/mol. The first kappa shape index (κ1) is 21.1. The zero-order valence-electron chi connectivity index (χ0n) is 16.5. The summed E-state index contributed by atoms with van der Waals surface area (Å²) in [4.78, 5) is 15.7. The Labute approximate surface area is 160 Å². The van der Waals surface area contributed by atoms with Gasteiger partial charge in [0.15, 0.2) is 5.69 Å². The van der Waals surface area contributed by atoms with E-state index in [0.29, 0.717) is 0 Å². The molecule has 7 nitrogen and oxygen atoms in total. The average molecular weight is 394 g/mol. The molecule has 0 spiro atoms. The molecule has 0 unspecified atom stereocenters. The third kappa shape index (κ3) is 4.75. The van der Waals surface area contributed by atoms with Crippen molar-refractivity contribution in [2.24, 2.45) is 0 Å². The number of nitrogens with zero attached hydrogens (tertiary/aromatic N) is 2. The molecule has 0 fully saturated rings. The molecule has 0 radical (unpaired) electrons. The number of ether oxygens (including phenoxy) is 1. The number of aromatic nitrogens is 1. The van der Waals surface area contributed by atoms with Gasteiger partial charge in [0.2, 0.25) is 15.9 Å². The minimum absolute atomic E-state index is 0.00290. The van der Waals surface area contributed by atoms with Crippen molar-refractivity contribution in [3.05, 3.63) is 47.7 Å². The number of rotatable bonds is 6. The Hall–Kier alpha value is -2.19. The van der Waals surface area contributed by atoms with Crippen molar-refractivity contribution >= 4 is 16.0 Å². The van der Waals surface area contributed by atoms with E-state index in [1.54, 1.807) is 26.0 Å². The first-order chi connectivity index (χ1) is 12.5. The highest BCUT2D eigenvalue weighted by Gasteiger charge is 2.29. The van der Waals surface area contributed by atoms with Gasteiger partial charge in [-0.3, -0.25) is 0 Å². The van der Waals surface area contributed by atoms with Gasteiger partial charge in [-0.1, -0.05) is 32.9 Å². The lowest BCUT2D eigenvalue weighted by molar-refractivity contribution is 0.0594. The van der Waals surface area contributed by atoms with Gasteiger partial charge in [-0.25, -0.2) is 18.2 Å². The molecule has 1 aromatic carbocycles. The number of methoxy groups -OCH3 is 1. The van der Waals surface area contributed by atoms with Crippen LogP contribution in [0.25, 0.3) is 0 Å². The van der Waals surface area contributed by atoms with Gasteiger partial charge in [0.1, 0.15) is 6.26 Å². The molecule has 1 heterocycles. The minimum atomic E-state index is -3.76. The normalized spacial score (nSPS) is 12.6. The second kappa shape index (κ2) is 7.82. The van der Waals surface area contributed by atoms with E-state index in [4.69, 9.17) is 4.42 Å². The Morgan fingerprint density at radius 1 is 1.22 bits per heavy atom. The minimum Gasteiger partial charge on any atom is -0.464 e. The summed E-state index contributed by atoms with van der Waals surface area (Å²) in [6, 6.07) is 6.55. The molecular formula is C19H26N2O5S. The number of benzene rings is 1. The molecule has 1 aromatic heterocycles. The van der Waals surface area contributed by atoms with E-state index in [0.717, 1.165) is 11.8 Å². The Morgan fingerprint density at radius 2 is 1.81 bits per heavy atom. The summed E-state index contributed by atoms with van der Waals surface area (Å²) in [5.74, 6) is -0.513. The van der Waals surface area contributed by atoms with Gasteiger partial charge in [-0.05, 0) is 37.0 Å². The Morgan fingerprint density at radius 3 is 2.30 bits per heavy atom. The quantitative estimate of drug-likeness (QED) is 0.698. The third-order valence-electron chi connectivity index (χ3n) is 4.14. The summed E-state index contributed by atoms with van der Waals surface area (Å²) in [6.45, 7) is 9.66. The topological polar surface area (TPSA) is 89.7 Å². The Balaban J connectivity index is 2.31. The van der Waals surface area contributed by atoms with Crippen LogP contribution < -0.4 is 0 Å². The van der Waals surface area contributed by atoms with Crippen LogP contribution in [0.15, 0.2) is 39.8 Å². The zero-order valence-corrected chi connectivity index (χ0v) is 17.3. The van der Waals surface area contributed by atoms with Crippen molar-refractivity contribution in [1.82, 2.24) is 9.29 Å². The van der Waals surface area contributed by atoms with Crippen LogP contribution in [0.3, 0.4) is 0 Å². The molecule has 0 aliphatic heterocycles. The van der Waals surface area contributed by atoms with Crippen LogP contribution >= 0.6 is 0 Å². The maximum Gasteiger partial charge on any atom is 0.360 e. The van der Waals surface area contributed by atoms with Crippen LogP contribution in [0.4, 0.5) is 0 Å². The molecule has 0 atom stereocenters. The third-order valence-corrected chi connectivity index (χ3v) is 6.18. The highest BCUT2D eigenvalue weighted by Crippen LogP contribution is 2.26.